The summed E-state index contributed by atoms with van der Waals surface area (Å²) < 4.78 is 0. The third-order valence-corrected chi connectivity index (χ3v) is 13.7. The number of rotatable bonds is 53. The SMILES string of the molecule is C=CC(C=C)C=C.C=CCC(C=C)C=C.C=CCC(C=C)CC=C.C=CCC(CC=C)CC=C.C=CCCC(C=C)C=C.C=CCCC(C=C)CC=C.C=CCCC(CC=C)CC=C.C=CCCC(CC=C)CCC=C.C=CCCC(CCC=C)CCC=C. The predicted molar refractivity (Wildman–Crippen MR) is 427 cm³/mol. The monoisotopic (exact) mass is 1210 g/mol. The van der Waals surface area contributed by atoms with Crippen molar-refractivity contribution in [2.75, 3.05) is 0 Å². The molecule has 0 aliphatic rings. The van der Waals surface area contributed by atoms with E-state index in [2.05, 4.69) is 178 Å². The van der Waals surface area contributed by atoms with Crippen LogP contribution < -0.4 is 0 Å². The lowest BCUT2D eigenvalue weighted by Gasteiger charge is -2.13. The number of allylic oxidation sites excluding steroid dienone is 27. The molecule has 0 saturated heterocycles. The molecule has 0 nitrogen and oxygen atoms in total. The Morgan fingerprint density at radius 2 is 0.393 bits per heavy atom. The van der Waals surface area contributed by atoms with Crippen molar-refractivity contribution in [2.45, 2.75) is 167 Å². The molecule has 0 spiro atoms. The van der Waals surface area contributed by atoms with Gasteiger partial charge in [-0.25, -0.2) is 0 Å². The molecule has 0 N–H and O–H groups in total. The van der Waals surface area contributed by atoms with Crippen molar-refractivity contribution in [2.24, 2.45) is 53.3 Å². The summed E-state index contributed by atoms with van der Waals surface area (Å²) in [5.41, 5.74) is 0. The van der Waals surface area contributed by atoms with E-state index < -0.39 is 0 Å². The minimum Gasteiger partial charge on any atom is -0.103 e. The minimum atomic E-state index is 0.278. The molecule has 0 amide bonds. The number of hydrogen-bond acceptors (Lipinski definition) is 0. The molecule has 0 heterocycles. The molecular formula is C89H142. The molecule has 0 saturated carbocycles. The second-order valence-electron chi connectivity index (χ2n) is 21.2. The van der Waals surface area contributed by atoms with Gasteiger partial charge in [0.1, 0.15) is 0 Å². The molecule has 0 aromatic heterocycles. The maximum atomic E-state index is 3.76. The standard InChI is InChI=1S/C13H22.C12H20.C11H18.2C10H16.2C9H14.C8H12.C7H10/c1-4-7-10-13(11-8-5-2)12-9-6-3;1-4-7-10-12(9-6-3)11-8-5-2;1-4-7-10-11(8-5-2)9-6-3;1-4-7-9-10(6-3)8-5-2;1-4-7-10(8-5-2)9-6-3;1-4-7-8-9(5-2)6-3;1-4-7-9(6-3)8-5-2;1-4-7-8(5-2)6-3;1-4-7(5-2)6-3/h4-6,13H,1-3,7-12H2;4-6,12H,1-3,7-11H2;4-6,11H,1-3,7-10H2;2*4-6,10H,1-3,7-9H2;2*4-6,9H,1-3,7-8H2;4-6,8H,1-3,7H2;4-7H,1-3H2. The molecule has 0 fully saturated rings. The average molecular weight is 1210 g/mol. The Balaban J connectivity index is -0.000000116. The van der Waals surface area contributed by atoms with Crippen LogP contribution >= 0.6 is 0 Å². The summed E-state index contributed by atoms with van der Waals surface area (Å²) in [5.74, 6) is 5.29. The fourth-order valence-electron chi connectivity index (χ4n) is 7.98. The van der Waals surface area contributed by atoms with Gasteiger partial charge in [0.25, 0.3) is 0 Å². The molecule has 89 heavy (non-hydrogen) atoms. The molecule has 0 rings (SSSR count). The highest BCUT2D eigenvalue weighted by Gasteiger charge is 2.07. The Bertz CT molecular complexity index is 1720. The Hall–Kier alpha value is -7.02. The Morgan fingerprint density at radius 1 is 0.157 bits per heavy atom. The summed E-state index contributed by atoms with van der Waals surface area (Å²) in [6.07, 6.45) is 81.3. The van der Waals surface area contributed by atoms with Crippen molar-refractivity contribution >= 4 is 0 Å². The van der Waals surface area contributed by atoms with E-state index in [9.17, 15) is 0 Å². The molecule has 0 aromatic rings. The van der Waals surface area contributed by atoms with E-state index in [0.29, 0.717) is 29.6 Å². The number of hydrogen-bond donors (Lipinski definition) is 0. The Labute approximate surface area is 558 Å². The fourth-order valence-corrected chi connectivity index (χ4v) is 7.98. The van der Waals surface area contributed by atoms with E-state index >= 15 is 0 Å². The third kappa shape index (κ3) is 94.8. The molecule has 0 aliphatic heterocycles. The third-order valence-electron chi connectivity index (χ3n) is 13.7. The van der Waals surface area contributed by atoms with Crippen molar-refractivity contribution in [3.05, 3.63) is 342 Å². The predicted octanol–water partition coefficient (Wildman–Crippen LogP) is 29.6. The first kappa shape index (κ1) is 101. The lowest BCUT2D eigenvalue weighted by molar-refractivity contribution is 0.430. The van der Waals surface area contributed by atoms with Gasteiger partial charge in [0.05, 0.1) is 0 Å². The van der Waals surface area contributed by atoms with Gasteiger partial charge in [-0.05, 0) is 214 Å². The minimum absolute atomic E-state index is 0.278. The molecule has 1 atom stereocenters. The fraction of sp³-hybridized carbons (Fsp3) is 0.393. The zero-order valence-corrected chi connectivity index (χ0v) is 58.3. The summed E-state index contributed by atoms with van der Waals surface area (Å²) in [4.78, 5) is 0. The first-order valence-corrected chi connectivity index (χ1v) is 32.7. The molecule has 1 unspecified atom stereocenters. The molecular weight excluding hydrogens is 1070 g/mol. The van der Waals surface area contributed by atoms with Crippen LogP contribution in [0.15, 0.2) is 342 Å². The van der Waals surface area contributed by atoms with Crippen LogP contribution in [0.2, 0.25) is 0 Å². The van der Waals surface area contributed by atoms with Crippen LogP contribution in [0, 0.1) is 53.3 Å². The second-order valence-corrected chi connectivity index (χ2v) is 21.2. The topological polar surface area (TPSA) is 0 Å². The Morgan fingerprint density at radius 3 is 0.629 bits per heavy atom. The zero-order chi connectivity index (χ0) is 69.7. The van der Waals surface area contributed by atoms with Gasteiger partial charge < -0.3 is 0 Å². The average Bonchev–Trinajstić information content (AvgIpc) is 3.55. The zero-order valence-electron chi connectivity index (χ0n) is 58.3. The highest BCUT2D eigenvalue weighted by Crippen LogP contribution is 2.21. The van der Waals surface area contributed by atoms with Gasteiger partial charge in [0.15, 0.2) is 0 Å². The summed E-state index contributed by atoms with van der Waals surface area (Å²) in [5, 5.41) is 0. The van der Waals surface area contributed by atoms with Crippen molar-refractivity contribution in [3.8, 4) is 0 Å². The lowest BCUT2D eigenvalue weighted by Crippen LogP contribution is -1.99. The lowest BCUT2D eigenvalue weighted by atomic mass is 9.93. The van der Waals surface area contributed by atoms with Gasteiger partial charge in [-0.3, -0.25) is 0 Å². The second kappa shape index (κ2) is 97.3. The van der Waals surface area contributed by atoms with Gasteiger partial charge >= 0.3 is 0 Å². The van der Waals surface area contributed by atoms with E-state index in [0.717, 1.165) is 146 Å². The molecule has 498 valence electrons. The van der Waals surface area contributed by atoms with Gasteiger partial charge in [0.2, 0.25) is 0 Å². The normalized spacial score (nSPS) is 9.57. The van der Waals surface area contributed by atoms with Gasteiger partial charge in [-0.15, -0.1) is 178 Å². The molecule has 0 heteroatoms. The smallest absolute Gasteiger partial charge is 0.0119 e. The maximum Gasteiger partial charge on any atom is 0.0119 e. The van der Waals surface area contributed by atoms with Crippen LogP contribution in [0.25, 0.3) is 0 Å². The summed E-state index contributed by atoms with van der Waals surface area (Å²) in [7, 11) is 0. The molecule has 0 bridgehead atoms. The molecule has 0 aliphatic carbocycles. The van der Waals surface area contributed by atoms with Crippen LogP contribution in [0.4, 0.5) is 0 Å². The van der Waals surface area contributed by atoms with Crippen LogP contribution in [0.1, 0.15) is 167 Å². The molecule has 0 aromatic carbocycles. The largest absolute Gasteiger partial charge is 0.103 e. The first-order valence-electron chi connectivity index (χ1n) is 32.7. The summed E-state index contributed by atoms with van der Waals surface area (Å²) >= 11 is 0. The van der Waals surface area contributed by atoms with Crippen LogP contribution in [0.5, 0.6) is 0 Å². The van der Waals surface area contributed by atoms with Crippen molar-refractivity contribution in [3.63, 3.8) is 0 Å². The van der Waals surface area contributed by atoms with Crippen LogP contribution in [-0.2, 0) is 0 Å². The summed E-state index contributed by atoms with van der Waals surface area (Å²) in [6.45, 7) is 99.4. The molecule has 0 radical (unpaired) electrons. The van der Waals surface area contributed by atoms with E-state index in [1.54, 1.807) is 18.2 Å². The van der Waals surface area contributed by atoms with Crippen molar-refractivity contribution in [1.29, 1.82) is 0 Å². The van der Waals surface area contributed by atoms with E-state index in [1.807, 2.05) is 146 Å². The van der Waals surface area contributed by atoms with Crippen molar-refractivity contribution < 1.29 is 0 Å². The highest BCUT2D eigenvalue weighted by molar-refractivity contribution is 5.02. The Kier molecular flexibility index (Phi) is 110. The van der Waals surface area contributed by atoms with E-state index in [1.165, 1.54) is 38.5 Å². The summed E-state index contributed by atoms with van der Waals surface area (Å²) in [6, 6.07) is 0. The highest BCUT2D eigenvalue weighted by atomic mass is 14.1. The van der Waals surface area contributed by atoms with Crippen LogP contribution in [0.3, 0.4) is 0 Å². The van der Waals surface area contributed by atoms with Gasteiger partial charge in [-0.2, -0.15) is 0 Å². The van der Waals surface area contributed by atoms with Gasteiger partial charge in [-0.1, -0.05) is 164 Å². The van der Waals surface area contributed by atoms with E-state index in [4.69, 9.17) is 0 Å². The first-order chi connectivity index (χ1) is 43.1. The quantitative estimate of drug-likeness (QED) is 0.0533. The van der Waals surface area contributed by atoms with Gasteiger partial charge in [0, 0.05) is 5.92 Å². The van der Waals surface area contributed by atoms with E-state index in [-0.39, 0.29) is 5.92 Å². The van der Waals surface area contributed by atoms with Crippen LogP contribution in [-0.4, -0.2) is 0 Å². The maximum absolute atomic E-state index is 3.76. The van der Waals surface area contributed by atoms with Crippen molar-refractivity contribution in [1.82, 2.24) is 0 Å².